The number of nitrogens with one attached hydrogen (secondary N) is 1. The molecule has 2 heterocycles. The second kappa shape index (κ2) is 10.5. The number of ether oxygens (including phenoxy) is 1. The van der Waals surface area contributed by atoms with Gasteiger partial charge in [-0.1, -0.05) is 17.8 Å². The highest BCUT2D eigenvalue weighted by atomic mass is 32.2. The van der Waals surface area contributed by atoms with Crippen LogP contribution in [-0.4, -0.2) is 33.3 Å². The van der Waals surface area contributed by atoms with E-state index in [9.17, 15) is 22.8 Å². The Kier molecular flexibility index (Phi) is 7.44. The van der Waals surface area contributed by atoms with E-state index in [0.29, 0.717) is 11.6 Å². The van der Waals surface area contributed by atoms with E-state index in [1.165, 1.54) is 7.11 Å². The van der Waals surface area contributed by atoms with Crippen LogP contribution < -0.4 is 15.7 Å². The zero-order valence-corrected chi connectivity index (χ0v) is 19.7. The molecule has 0 radical (unpaired) electrons. The number of fused-ring (bicyclic) bond motifs is 1. The second-order valence-electron chi connectivity index (χ2n) is 7.99. The fourth-order valence-electron chi connectivity index (χ4n) is 3.99. The standard InChI is InChI=1S/C24H23F3N4O3S/c1-34-20-10-9-15(24(25,26)27)12-18(20)29-21(32)14-35-22-17-7-2-3-8-19(17)31(23(33)30-22)13-16-6-4-5-11-28-16/h4-6,9-12H,2-3,7-8,13-14H2,1H3,(H,29,32). The summed E-state index contributed by atoms with van der Waals surface area (Å²) in [5.74, 6) is -0.539. The van der Waals surface area contributed by atoms with Crippen LogP contribution in [0.25, 0.3) is 0 Å². The molecule has 0 bridgehead atoms. The summed E-state index contributed by atoms with van der Waals surface area (Å²) in [5, 5.41) is 2.96. The number of methoxy groups -OCH3 is 1. The molecule has 0 saturated carbocycles. The molecule has 0 fully saturated rings. The topological polar surface area (TPSA) is 86.1 Å². The number of anilines is 1. The van der Waals surface area contributed by atoms with Crippen LogP contribution in [0.3, 0.4) is 0 Å². The Bertz CT molecular complexity index is 1280. The summed E-state index contributed by atoms with van der Waals surface area (Å²) in [6.45, 7) is 0.315. The van der Waals surface area contributed by atoms with Crippen molar-refractivity contribution < 1.29 is 22.7 Å². The maximum absolute atomic E-state index is 13.1. The van der Waals surface area contributed by atoms with Crippen LogP contribution in [0.15, 0.2) is 52.4 Å². The Labute approximate surface area is 203 Å². The Hall–Kier alpha value is -3.34. The molecule has 2 aromatic heterocycles. The van der Waals surface area contributed by atoms with Crippen LogP contribution in [-0.2, 0) is 30.4 Å². The minimum Gasteiger partial charge on any atom is -0.495 e. The first-order chi connectivity index (χ1) is 16.8. The number of thioether (sulfide) groups is 1. The van der Waals surface area contributed by atoms with Crippen molar-refractivity contribution in [2.45, 2.75) is 43.4 Å². The predicted molar refractivity (Wildman–Crippen MR) is 126 cm³/mol. The van der Waals surface area contributed by atoms with Crippen molar-refractivity contribution in [1.29, 1.82) is 0 Å². The summed E-state index contributed by atoms with van der Waals surface area (Å²) in [4.78, 5) is 34.0. The molecule has 1 amide bonds. The summed E-state index contributed by atoms with van der Waals surface area (Å²) in [6.07, 6.45) is 0.457. The highest BCUT2D eigenvalue weighted by Crippen LogP contribution is 2.35. The molecule has 35 heavy (non-hydrogen) atoms. The van der Waals surface area contributed by atoms with Gasteiger partial charge in [0.25, 0.3) is 0 Å². The largest absolute Gasteiger partial charge is 0.495 e. The molecule has 0 spiro atoms. The Morgan fingerprint density at radius 1 is 1.20 bits per heavy atom. The Morgan fingerprint density at radius 3 is 2.71 bits per heavy atom. The van der Waals surface area contributed by atoms with E-state index >= 15 is 0 Å². The summed E-state index contributed by atoms with van der Waals surface area (Å²) < 4.78 is 45.9. The number of rotatable bonds is 7. The summed E-state index contributed by atoms with van der Waals surface area (Å²) in [7, 11) is 1.31. The highest BCUT2D eigenvalue weighted by Gasteiger charge is 2.31. The van der Waals surface area contributed by atoms with Crippen molar-refractivity contribution in [3.8, 4) is 5.75 Å². The van der Waals surface area contributed by atoms with Crippen LogP contribution in [0.1, 0.15) is 35.4 Å². The molecule has 1 aromatic carbocycles. The molecule has 4 rings (SSSR count). The SMILES string of the molecule is COc1ccc(C(F)(F)F)cc1NC(=O)CSc1nc(=O)n(Cc2ccccn2)c2c1CCCC2. The van der Waals surface area contributed by atoms with E-state index < -0.39 is 23.3 Å². The third-order valence-electron chi connectivity index (χ3n) is 5.64. The number of pyridine rings is 1. The molecule has 1 aliphatic rings. The number of hydrogen-bond donors (Lipinski definition) is 1. The lowest BCUT2D eigenvalue weighted by molar-refractivity contribution is -0.137. The van der Waals surface area contributed by atoms with Gasteiger partial charge in [0.2, 0.25) is 5.91 Å². The number of aromatic nitrogens is 3. The van der Waals surface area contributed by atoms with Crippen molar-refractivity contribution in [3.63, 3.8) is 0 Å². The van der Waals surface area contributed by atoms with E-state index in [1.807, 2.05) is 12.1 Å². The number of alkyl halides is 3. The van der Waals surface area contributed by atoms with E-state index in [-0.39, 0.29) is 17.2 Å². The monoisotopic (exact) mass is 504 g/mol. The van der Waals surface area contributed by atoms with Gasteiger partial charge in [-0.05, 0) is 56.0 Å². The highest BCUT2D eigenvalue weighted by molar-refractivity contribution is 8.00. The number of hydrogen-bond acceptors (Lipinski definition) is 6. The van der Waals surface area contributed by atoms with Gasteiger partial charge in [-0.25, -0.2) is 4.79 Å². The third kappa shape index (κ3) is 5.84. The lowest BCUT2D eigenvalue weighted by Crippen LogP contribution is -2.31. The van der Waals surface area contributed by atoms with Crippen molar-refractivity contribution in [2.75, 3.05) is 18.2 Å². The lowest BCUT2D eigenvalue weighted by atomic mass is 9.97. The van der Waals surface area contributed by atoms with E-state index in [4.69, 9.17) is 4.74 Å². The second-order valence-corrected chi connectivity index (χ2v) is 8.95. The molecular formula is C24H23F3N4O3S. The van der Waals surface area contributed by atoms with Gasteiger partial charge in [0.15, 0.2) is 0 Å². The number of benzene rings is 1. The van der Waals surface area contributed by atoms with Gasteiger partial charge in [0.1, 0.15) is 10.8 Å². The molecule has 1 aliphatic carbocycles. The summed E-state index contributed by atoms with van der Waals surface area (Å²) in [5.41, 5.74) is 1.19. The van der Waals surface area contributed by atoms with Crippen LogP contribution in [0.5, 0.6) is 5.75 Å². The van der Waals surface area contributed by atoms with Crippen molar-refractivity contribution in [1.82, 2.24) is 14.5 Å². The fraction of sp³-hybridized carbons (Fsp3) is 0.333. The van der Waals surface area contributed by atoms with Crippen LogP contribution in [0.4, 0.5) is 18.9 Å². The van der Waals surface area contributed by atoms with E-state index in [0.717, 1.165) is 72.6 Å². The molecule has 1 N–H and O–H groups in total. The minimum atomic E-state index is -4.55. The summed E-state index contributed by atoms with van der Waals surface area (Å²) >= 11 is 1.10. The van der Waals surface area contributed by atoms with Gasteiger partial charge in [-0.3, -0.25) is 14.3 Å². The van der Waals surface area contributed by atoms with Gasteiger partial charge in [0.05, 0.1) is 36.4 Å². The number of carbonyl (C=O) groups is 1. The van der Waals surface area contributed by atoms with Gasteiger partial charge in [-0.2, -0.15) is 18.2 Å². The zero-order valence-electron chi connectivity index (χ0n) is 18.9. The van der Waals surface area contributed by atoms with Crippen LogP contribution in [0.2, 0.25) is 0 Å². The van der Waals surface area contributed by atoms with Crippen molar-refractivity contribution >= 4 is 23.4 Å². The molecule has 3 aromatic rings. The molecular weight excluding hydrogens is 481 g/mol. The number of carbonyl (C=O) groups excluding carboxylic acids is 1. The Balaban J connectivity index is 1.53. The zero-order chi connectivity index (χ0) is 25.0. The molecule has 0 atom stereocenters. The van der Waals surface area contributed by atoms with Gasteiger partial charge in [0, 0.05) is 17.5 Å². The average molecular weight is 505 g/mol. The minimum absolute atomic E-state index is 0.0753. The van der Waals surface area contributed by atoms with Gasteiger partial charge < -0.3 is 10.1 Å². The Morgan fingerprint density at radius 2 is 2.00 bits per heavy atom. The molecule has 0 aliphatic heterocycles. The normalized spacial score (nSPS) is 13.3. The van der Waals surface area contributed by atoms with Gasteiger partial charge >= 0.3 is 11.9 Å². The molecule has 7 nitrogen and oxygen atoms in total. The van der Waals surface area contributed by atoms with Gasteiger partial charge in [-0.15, -0.1) is 0 Å². The molecule has 0 unspecified atom stereocenters. The smallest absolute Gasteiger partial charge is 0.416 e. The van der Waals surface area contributed by atoms with Crippen LogP contribution in [0, 0.1) is 0 Å². The molecule has 0 saturated heterocycles. The van der Waals surface area contributed by atoms with Crippen LogP contribution >= 0.6 is 11.8 Å². The lowest BCUT2D eigenvalue weighted by Gasteiger charge is -2.22. The first-order valence-electron chi connectivity index (χ1n) is 11.0. The number of amides is 1. The average Bonchev–Trinajstić information content (AvgIpc) is 2.84. The number of nitrogens with zero attached hydrogens (tertiary/aromatic N) is 3. The van der Waals surface area contributed by atoms with Crippen molar-refractivity contribution in [2.24, 2.45) is 0 Å². The van der Waals surface area contributed by atoms with E-state index in [2.05, 4.69) is 15.3 Å². The van der Waals surface area contributed by atoms with E-state index in [1.54, 1.807) is 16.8 Å². The maximum atomic E-state index is 13.1. The third-order valence-corrected chi connectivity index (χ3v) is 6.66. The molecule has 184 valence electrons. The first-order valence-corrected chi connectivity index (χ1v) is 11.9. The number of halogens is 3. The first kappa shape index (κ1) is 24.8. The fourth-order valence-corrected chi connectivity index (χ4v) is 4.86. The maximum Gasteiger partial charge on any atom is 0.416 e. The quantitative estimate of drug-likeness (QED) is 0.381. The summed E-state index contributed by atoms with van der Waals surface area (Å²) in [6, 6.07) is 8.39. The van der Waals surface area contributed by atoms with Crippen molar-refractivity contribution in [3.05, 3.63) is 75.6 Å². The predicted octanol–water partition coefficient (Wildman–Crippen LogP) is 4.32. The molecule has 11 heteroatoms.